The van der Waals surface area contributed by atoms with Crippen LogP contribution in [0.15, 0.2) is 30.5 Å². The number of primary amides is 1. The van der Waals surface area contributed by atoms with Gasteiger partial charge in [-0.3, -0.25) is 9.59 Å². The normalized spacial score (nSPS) is 21.1. The van der Waals surface area contributed by atoms with Gasteiger partial charge in [-0.25, -0.2) is 4.79 Å². The Morgan fingerprint density at radius 1 is 0.875 bits per heavy atom. The summed E-state index contributed by atoms with van der Waals surface area (Å²) in [5.74, 6) is 1.23. The van der Waals surface area contributed by atoms with Crippen LogP contribution in [0, 0.1) is 17.8 Å². The lowest BCUT2D eigenvalue weighted by molar-refractivity contribution is -0.143. The second-order valence-electron chi connectivity index (χ2n) is 12.4. The molecule has 3 fully saturated rings. The van der Waals surface area contributed by atoms with Crippen molar-refractivity contribution >= 4 is 28.7 Å². The molecule has 5 rings (SSSR count). The van der Waals surface area contributed by atoms with Gasteiger partial charge in [0.15, 0.2) is 0 Å². The summed E-state index contributed by atoms with van der Waals surface area (Å²) in [6, 6.07) is 7.75. The predicted octanol–water partition coefficient (Wildman–Crippen LogP) is 2.97. The summed E-state index contributed by atoms with van der Waals surface area (Å²) in [4.78, 5) is 45.1. The van der Waals surface area contributed by atoms with Crippen molar-refractivity contribution in [3.63, 3.8) is 0 Å². The lowest BCUT2D eigenvalue weighted by Gasteiger charge is -2.40. The summed E-state index contributed by atoms with van der Waals surface area (Å²) >= 11 is 0. The maximum atomic E-state index is 14.0. The van der Waals surface area contributed by atoms with E-state index in [1.54, 1.807) is 0 Å². The van der Waals surface area contributed by atoms with Gasteiger partial charge in [-0.2, -0.15) is 0 Å². The number of nitrogens with two attached hydrogens (primary N) is 1. The molecule has 0 aliphatic carbocycles. The summed E-state index contributed by atoms with van der Waals surface area (Å²) < 4.78 is 2.11. The number of carbonyl (C=O) groups is 3. The van der Waals surface area contributed by atoms with Crippen LogP contribution in [0.3, 0.4) is 0 Å². The molecule has 9 nitrogen and oxygen atoms in total. The van der Waals surface area contributed by atoms with E-state index in [2.05, 4.69) is 40.2 Å². The highest BCUT2D eigenvalue weighted by Crippen LogP contribution is 2.33. The van der Waals surface area contributed by atoms with Gasteiger partial charge in [0, 0.05) is 62.8 Å². The number of hydrogen-bond acceptors (Lipinski definition) is 4. The zero-order chi connectivity index (χ0) is 28.2. The highest BCUT2D eigenvalue weighted by Gasteiger charge is 2.35. The minimum atomic E-state index is -0.523. The maximum Gasteiger partial charge on any atom is 0.312 e. The van der Waals surface area contributed by atoms with Crippen molar-refractivity contribution in [2.24, 2.45) is 30.5 Å². The SMILES string of the molecule is CN1CCC(C2CCN(C(=O)[C@@H](CC(=O)N3CCC(NC(N)=O)CC3)Cc3cn(C)c4ccccc34)CC2)CC1. The van der Waals surface area contributed by atoms with E-state index in [0.717, 1.165) is 48.3 Å². The van der Waals surface area contributed by atoms with E-state index in [9.17, 15) is 14.4 Å². The van der Waals surface area contributed by atoms with Crippen molar-refractivity contribution in [2.45, 2.75) is 57.4 Å². The van der Waals surface area contributed by atoms with E-state index in [1.807, 2.05) is 29.0 Å². The Morgan fingerprint density at radius 3 is 2.12 bits per heavy atom. The molecule has 1 aromatic carbocycles. The summed E-state index contributed by atoms with van der Waals surface area (Å²) in [6.07, 6.45) is 8.90. The van der Waals surface area contributed by atoms with E-state index < -0.39 is 6.03 Å². The molecule has 0 unspecified atom stereocenters. The molecule has 3 aliphatic heterocycles. The van der Waals surface area contributed by atoms with Gasteiger partial charge < -0.3 is 30.3 Å². The Balaban J connectivity index is 1.26. The molecule has 2 aromatic rings. The average Bonchev–Trinajstić information content (AvgIpc) is 3.28. The molecular formula is C31H46N6O3. The monoisotopic (exact) mass is 550 g/mol. The molecule has 1 atom stereocenters. The number of benzene rings is 1. The van der Waals surface area contributed by atoms with E-state index in [4.69, 9.17) is 5.73 Å². The molecule has 0 spiro atoms. The van der Waals surface area contributed by atoms with Gasteiger partial charge in [0.2, 0.25) is 11.8 Å². The zero-order valence-electron chi connectivity index (χ0n) is 24.2. The van der Waals surface area contributed by atoms with Gasteiger partial charge in [0.25, 0.3) is 0 Å². The van der Waals surface area contributed by atoms with Crippen molar-refractivity contribution in [1.82, 2.24) is 24.6 Å². The van der Waals surface area contributed by atoms with Crippen molar-refractivity contribution in [1.29, 1.82) is 0 Å². The fourth-order valence-electron chi connectivity index (χ4n) is 7.26. The van der Waals surface area contributed by atoms with Gasteiger partial charge in [-0.05, 0) is 88.5 Å². The number of amides is 4. The smallest absolute Gasteiger partial charge is 0.312 e. The zero-order valence-corrected chi connectivity index (χ0v) is 24.2. The van der Waals surface area contributed by atoms with E-state index in [-0.39, 0.29) is 30.2 Å². The summed E-state index contributed by atoms with van der Waals surface area (Å²) in [7, 11) is 4.24. The fraction of sp³-hybridized carbons (Fsp3) is 0.645. The molecular weight excluding hydrogens is 504 g/mol. The van der Waals surface area contributed by atoms with Crippen molar-refractivity contribution in [3.05, 3.63) is 36.0 Å². The van der Waals surface area contributed by atoms with Gasteiger partial charge >= 0.3 is 6.03 Å². The first-order valence-electron chi connectivity index (χ1n) is 15.1. The third-order valence-corrected chi connectivity index (χ3v) is 9.69. The van der Waals surface area contributed by atoms with Gasteiger partial charge in [-0.15, -0.1) is 0 Å². The van der Waals surface area contributed by atoms with Gasteiger partial charge in [-0.1, -0.05) is 18.2 Å². The quantitative estimate of drug-likeness (QED) is 0.553. The third kappa shape index (κ3) is 6.62. The third-order valence-electron chi connectivity index (χ3n) is 9.69. The van der Waals surface area contributed by atoms with E-state index in [1.165, 1.54) is 25.9 Å². The Labute approximate surface area is 238 Å². The minimum Gasteiger partial charge on any atom is -0.352 e. The molecule has 218 valence electrons. The number of rotatable bonds is 7. The maximum absolute atomic E-state index is 14.0. The number of hydrogen-bond donors (Lipinski definition) is 2. The number of urea groups is 1. The van der Waals surface area contributed by atoms with Crippen LogP contribution in [-0.2, 0) is 23.1 Å². The highest BCUT2D eigenvalue weighted by molar-refractivity contribution is 5.88. The van der Waals surface area contributed by atoms with Crippen LogP contribution in [-0.4, -0.2) is 89.5 Å². The molecule has 3 aliphatic rings. The number of aromatic nitrogens is 1. The standard InChI is InChI=1S/C31H46N6O3/c1-34-13-7-22(8-14-34)23-9-15-37(16-10-23)30(39)24(19-25-21-35(2)28-6-4-3-5-27(25)28)20-29(38)36-17-11-26(12-18-36)33-31(32)40/h3-6,21-24,26H,7-20H2,1-2H3,(H3,32,33,40)/t24-/m1/s1. The second kappa shape index (κ2) is 12.6. The number of para-hydroxylation sites is 1. The average molecular weight is 551 g/mol. The minimum absolute atomic E-state index is 0.000483. The van der Waals surface area contributed by atoms with E-state index in [0.29, 0.717) is 38.3 Å². The number of aryl methyl sites for hydroxylation is 1. The lowest BCUT2D eigenvalue weighted by Crippen LogP contribution is -2.49. The highest BCUT2D eigenvalue weighted by atomic mass is 16.2. The second-order valence-corrected chi connectivity index (χ2v) is 12.4. The topological polar surface area (TPSA) is 104 Å². The first kappa shape index (κ1) is 28.5. The van der Waals surface area contributed by atoms with Gasteiger partial charge in [0.1, 0.15) is 0 Å². The number of nitrogens with one attached hydrogen (secondary N) is 1. The number of carbonyl (C=O) groups excluding carboxylic acids is 3. The lowest BCUT2D eigenvalue weighted by atomic mass is 9.78. The Kier molecular flexibility index (Phi) is 8.98. The number of piperidine rings is 3. The first-order valence-corrected chi connectivity index (χ1v) is 15.1. The molecule has 40 heavy (non-hydrogen) atoms. The summed E-state index contributed by atoms with van der Waals surface area (Å²) in [6.45, 7) is 5.08. The van der Waals surface area contributed by atoms with E-state index >= 15 is 0 Å². The first-order chi connectivity index (χ1) is 19.3. The summed E-state index contributed by atoms with van der Waals surface area (Å²) in [5, 5.41) is 3.91. The molecule has 3 N–H and O–H groups in total. The van der Waals surface area contributed by atoms with Gasteiger partial charge in [0.05, 0.1) is 5.92 Å². The molecule has 0 bridgehead atoms. The van der Waals surface area contributed by atoms with Crippen LogP contribution in [0.1, 0.15) is 50.5 Å². The number of fused-ring (bicyclic) bond motifs is 1. The number of nitrogens with zero attached hydrogens (tertiary/aromatic N) is 4. The Morgan fingerprint density at radius 2 is 1.48 bits per heavy atom. The Bertz CT molecular complexity index is 1190. The molecule has 1 aromatic heterocycles. The molecule has 4 heterocycles. The van der Waals surface area contributed by atoms with Crippen LogP contribution in [0.4, 0.5) is 4.79 Å². The molecule has 4 amide bonds. The van der Waals surface area contributed by atoms with Crippen molar-refractivity contribution < 1.29 is 14.4 Å². The number of likely N-dealkylation sites (tertiary alicyclic amines) is 3. The molecule has 3 saturated heterocycles. The van der Waals surface area contributed by atoms with Crippen molar-refractivity contribution in [2.75, 3.05) is 46.3 Å². The molecule has 9 heteroatoms. The van der Waals surface area contributed by atoms with Crippen LogP contribution < -0.4 is 11.1 Å². The van der Waals surface area contributed by atoms with Crippen LogP contribution in [0.25, 0.3) is 10.9 Å². The Hall–Kier alpha value is -3.07. The fourth-order valence-corrected chi connectivity index (χ4v) is 7.26. The largest absolute Gasteiger partial charge is 0.352 e. The van der Waals surface area contributed by atoms with Crippen LogP contribution in [0.2, 0.25) is 0 Å². The summed E-state index contributed by atoms with van der Waals surface area (Å²) in [5.41, 5.74) is 7.54. The van der Waals surface area contributed by atoms with Crippen LogP contribution >= 0.6 is 0 Å². The molecule has 0 radical (unpaired) electrons. The van der Waals surface area contributed by atoms with Crippen LogP contribution in [0.5, 0.6) is 0 Å². The predicted molar refractivity (Wildman–Crippen MR) is 157 cm³/mol. The molecule has 0 saturated carbocycles. The van der Waals surface area contributed by atoms with Crippen molar-refractivity contribution in [3.8, 4) is 0 Å².